The minimum absolute atomic E-state index is 0.0998. The third-order valence-electron chi connectivity index (χ3n) is 5.85. The molecule has 0 spiro atoms. The number of hydrogen-bond donors (Lipinski definition) is 1. The van der Waals surface area contributed by atoms with Crippen LogP contribution >= 0.6 is 0 Å². The first-order valence-corrected chi connectivity index (χ1v) is 11.9. The fourth-order valence-electron chi connectivity index (χ4n) is 4.18. The highest BCUT2D eigenvalue weighted by Gasteiger charge is 2.43. The van der Waals surface area contributed by atoms with Crippen LogP contribution in [0.2, 0.25) is 0 Å². The molecule has 8 nitrogen and oxygen atoms in total. The van der Waals surface area contributed by atoms with Crippen LogP contribution in [0.4, 0.5) is 0 Å². The molecule has 0 aliphatic carbocycles. The summed E-state index contributed by atoms with van der Waals surface area (Å²) in [4.78, 5) is 14.8. The third kappa shape index (κ3) is 3.96. The lowest BCUT2D eigenvalue weighted by molar-refractivity contribution is 0.0755. The third-order valence-corrected chi connectivity index (χ3v) is 7.81. The number of aromatic nitrogens is 2. The molecule has 0 unspecified atom stereocenters. The molecule has 2 aliphatic heterocycles. The molecule has 1 amide bonds. The second-order valence-corrected chi connectivity index (χ2v) is 10.2. The van der Waals surface area contributed by atoms with Crippen molar-refractivity contribution < 1.29 is 17.9 Å². The molecular formula is C21H28N4O4S. The quantitative estimate of drug-likeness (QED) is 0.801. The number of aromatic amines is 1. The molecule has 0 radical (unpaired) electrons. The Morgan fingerprint density at radius 2 is 2.03 bits per heavy atom. The molecular weight excluding hydrogens is 404 g/mol. The first-order chi connectivity index (χ1) is 14.4. The maximum atomic E-state index is 13.6. The second kappa shape index (κ2) is 8.39. The van der Waals surface area contributed by atoms with Crippen LogP contribution in [0.5, 0.6) is 5.75 Å². The van der Waals surface area contributed by atoms with Gasteiger partial charge in [-0.2, -0.15) is 9.40 Å². The van der Waals surface area contributed by atoms with Gasteiger partial charge >= 0.3 is 0 Å². The molecule has 1 N–H and O–H groups in total. The average molecular weight is 433 g/mol. The van der Waals surface area contributed by atoms with Crippen molar-refractivity contribution in [3.05, 3.63) is 42.2 Å². The molecule has 0 saturated carbocycles. The lowest BCUT2D eigenvalue weighted by Crippen LogP contribution is -2.47. The number of benzene rings is 1. The Labute approximate surface area is 177 Å². The predicted molar refractivity (Wildman–Crippen MR) is 112 cm³/mol. The number of amides is 1. The summed E-state index contributed by atoms with van der Waals surface area (Å²) < 4.78 is 35.0. The molecule has 2 aliphatic rings. The van der Waals surface area contributed by atoms with E-state index in [1.807, 2.05) is 0 Å². The number of fused-ring (bicyclic) bond motifs is 2. The molecule has 1 aromatic carbocycles. The summed E-state index contributed by atoms with van der Waals surface area (Å²) in [6.45, 7) is 5.59. The van der Waals surface area contributed by atoms with E-state index in [9.17, 15) is 13.2 Å². The van der Waals surface area contributed by atoms with Crippen molar-refractivity contribution in [3.63, 3.8) is 0 Å². The van der Waals surface area contributed by atoms with Crippen molar-refractivity contribution in [1.82, 2.24) is 19.4 Å². The van der Waals surface area contributed by atoms with Crippen molar-refractivity contribution >= 4 is 15.9 Å². The van der Waals surface area contributed by atoms with Crippen LogP contribution < -0.4 is 4.74 Å². The van der Waals surface area contributed by atoms with Gasteiger partial charge in [-0.15, -0.1) is 0 Å². The summed E-state index contributed by atoms with van der Waals surface area (Å²) in [7, 11) is -3.69. The van der Waals surface area contributed by atoms with E-state index < -0.39 is 10.0 Å². The minimum Gasteiger partial charge on any atom is -0.487 e. The summed E-state index contributed by atoms with van der Waals surface area (Å²) in [5, 5.41) is 6.53. The van der Waals surface area contributed by atoms with Gasteiger partial charge < -0.3 is 9.64 Å². The van der Waals surface area contributed by atoms with Gasteiger partial charge in [-0.25, -0.2) is 8.42 Å². The number of hydrogen-bond acceptors (Lipinski definition) is 5. The van der Waals surface area contributed by atoms with Gasteiger partial charge in [-0.1, -0.05) is 26.0 Å². The van der Waals surface area contributed by atoms with Gasteiger partial charge in [0, 0.05) is 32.3 Å². The minimum atomic E-state index is -3.69. The second-order valence-electron chi connectivity index (χ2n) is 8.33. The first-order valence-electron chi connectivity index (χ1n) is 10.4. The van der Waals surface area contributed by atoms with E-state index in [0.29, 0.717) is 49.7 Å². The van der Waals surface area contributed by atoms with E-state index >= 15 is 0 Å². The van der Waals surface area contributed by atoms with E-state index in [0.717, 1.165) is 6.42 Å². The molecule has 1 aromatic heterocycles. The summed E-state index contributed by atoms with van der Waals surface area (Å²) in [5.74, 6) is 0.675. The molecule has 4 rings (SSSR count). The number of H-pyrrole nitrogens is 1. The van der Waals surface area contributed by atoms with E-state index in [1.54, 1.807) is 39.7 Å². The first kappa shape index (κ1) is 20.9. The zero-order valence-electron chi connectivity index (χ0n) is 17.3. The van der Waals surface area contributed by atoms with Gasteiger partial charge in [0.1, 0.15) is 16.7 Å². The van der Waals surface area contributed by atoms with Crippen LogP contribution in [0, 0.1) is 5.92 Å². The largest absolute Gasteiger partial charge is 0.487 e. The molecule has 9 heteroatoms. The molecule has 0 bridgehead atoms. The number of likely N-dealkylation sites (tertiary alicyclic amines) is 1. The smallest absolute Gasteiger partial charge is 0.257 e. The SMILES string of the molecule is CC(C)CCN1[C@@H]2CCN(C(=O)c3cn[nH]c3)CC[C@H]2Oc2ccccc2S1(=O)=O. The number of ether oxygens (including phenoxy) is 1. The van der Waals surface area contributed by atoms with Crippen LogP contribution in [-0.2, 0) is 10.0 Å². The molecule has 2 atom stereocenters. The Kier molecular flexibility index (Phi) is 5.84. The molecule has 3 heterocycles. The Morgan fingerprint density at radius 3 is 2.77 bits per heavy atom. The van der Waals surface area contributed by atoms with Crippen molar-refractivity contribution in [2.24, 2.45) is 5.92 Å². The Balaban J connectivity index is 1.66. The van der Waals surface area contributed by atoms with Crippen molar-refractivity contribution in [1.29, 1.82) is 0 Å². The highest BCUT2D eigenvalue weighted by atomic mass is 32.2. The van der Waals surface area contributed by atoms with Crippen LogP contribution in [0.3, 0.4) is 0 Å². The number of carbonyl (C=O) groups excluding carboxylic acids is 1. The van der Waals surface area contributed by atoms with E-state index in [2.05, 4.69) is 24.0 Å². The highest BCUT2D eigenvalue weighted by molar-refractivity contribution is 7.89. The number of sulfonamides is 1. The number of para-hydroxylation sites is 1. The van der Waals surface area contributed by atoms with Gasteiger partial charge in [-0.3, -0.25) is 9.89 Å². The molecule has 2 aromatic rings. The topological polar surface area (TPSA) is 95.6 Å². The Bertz CT molecular complexity index is 990. The summed E-state index contributed by atoms with van der Waals surface area (Å²) in [5.41, 5.74) is 0.507. The van der Waals surface area contributed by atoms with Crippen LogP contribution in [0.25, 0.3) is 0 Å². The van der Waals surface area contributed by atoms with Crippen molar-refractivity contribution in [2.45, 2.75) is 50.2 Å². The van der Waals surface area contributed by atoms with Crippen LogP contribution in [0.1, 0.15) is 43.5 Å². The van der Waals surface area contributed by atoms with Crippen molar-refractivity contribution in [2.75, 3.05) is 19.6 Å². The molecule has 1 fully saturated rings. The number of carbonyl (C=O) groups is 1. The summed E-state index contributed by atoms with van der Waals surface area (Å²) in [6, 6.07) is 6.54. The van der Waals surface area contributed by atoms with E-state index in [1.165, 1.54) is 6.20 Å². The summed E-state index contributed by atoms with van der Waals surface area (Å²) in [6.07, 6.45) is 4.64. The maximum Gasteiger partial charge on any atom is 0.257 e. The van der Waals surface area contributed by atoms with Gasteiger partial charge in [0.15, 0.2) is 0 Å². The van der Waals surface area contributed by atoms with Gasteiger partial charge in [0.2, 0.25) is 10.0 Å². The van der Waals surface area contributed by atoms with E-state index in [-0.39, 0.29) is 22.9 Å². The standard InChI is InChI=1S/C21H28N4O4S/c1-15(2)7-12-25-17-8-10-24(21(26)16-13-22-23-14-16)11-9-18(17)29-19-5-3-4-6-20(19)30(25,27)28/h3-6,13-15,17-18H,7-12H2,1-2H3,(H,22,23)/t17-,18-/m1/s1. The van der Waals surface area contributed by atoms with E-state index in [4.69, 9.17) is 4.74 Å². The van der Waals surface area contributed by atoms with Crippen molar-refractivity contribution in [3.8, 4) is 5.75 Å². The number of nitrogens with zero attached hydrogens (tertiary/aromatic N) is 3. The zero-order valence-corrected chi connectivity index (χ0v) is 18.1. The fraction of sp³-hybridized carbons (Fsp3) is 0.524. The molecule has 1 saturated heterocycles. The van der Waals surface area contributed by atoms with Gasteiger partial charge in [0.25, 0.3) is 5.91 Å². The highest BCUT2D eigenvalue weighted by Crippen LogP contribution is 2.36. The van der Waals surface area contributed by atoms with Gasteiger partial charge in [-0.05, 0) is 30.9 Å². The molecule has 30 heavy (non-hydrogen) atoms. The normalized spacial score (nSPS) is 23.8. The van der Waals surface area contributed by atoms with Gasteiger partial charge in [0.05, 0.1) is 17.8 Å². The zero-order chi connectivity index (χ0) is 21.3. The predicted octanol–water partition coefficient (Wildman–Crippen LogP) is 2.51. The Hall–Kier alpha value is -2.39. The molecule has 162 valence electrons. The lowest BCUT2D eigenvalue weighted by Gasteiger charge is -2.32. The Morgan fingerprint density at radius 1 is 1.27 bits per heavy atom. The lowest BCUT2D eigenvalue weighted by atomic mass is 10.0. The average Bonchev–Trinajstić information content (AvgIpc) is 3.15. The number of nitrogens with one attached hydrogen (secondary N) is 1. The summed E-state index contributed by atoms with van der Waals surface area (Å²) >= 11 is 0. The maximum absolute atomic E-state index is 13.6. The van der Waals surface area contributed by atoms with Crippen LogP contribution in [-0.4, -0.2) is 65.5 Å². The van der Waals surface area contributed by atoms with Crippen LogP contribution in [0.15, 0.2) is 41.6 Å². The monoisotopic (exact) mass is 432 g/mol. The fourth-order valence-corrected chi connectivity index (χ4v) is 6.00. The number of rotatable bonds is 4.